The van der Waals surface area contributed by atoms with E-state index in [-0.39, 0.29) is 6.29 Å². The van der Waals surface area contributed by atoms with Gasteiger partial charge in [0, 0.05) is 0 Å². The first kappa shape index (κ1) is 13.1. The molecule has 0 aliphatic heterocycles. The molecule has 0 bridgehead atoms. The summed E-state index contributed by atoms with van der Waals surface area (Å²) in [5, 5.41) is 0. The molecule has 0 fully saturated rings. The van der Waals surface area contributed by atoms with Crippen molar-refractivity contribution in [3.8, 4) is 0 Å². The molecular weight excluding hydrogens is 271 g/mol. The summed E-state index contributed by atoms with van der Waals surface area (Å²) in [6, 6.07) is 0. The van der Waals surface area contributed by atoms with E-state index in [4.69, 9.17) is 9.47 Å². The van der Waals surface area contributed by atoms with Gasteiger partial charge in [-0.15, -0.1) is 0 Å². The maximum absolute atomic E-state index is 5.62. The number of hydrogen-bond acceptors (Lipinski definition) is 2. The van der Waals surface area contributed by atoms with Gasteiger partial charge in [0.15, 0.2) is 0 Å². The molecule has 0 heterocycles. The van der Waals surface area contributed by atoms with E-state index in [0.29, 0.717) is 6.61 Å². The zero-order valence-electron chi connectivity index (χ0n) is 9.31. The Kier molecular flexibility index (Phi) is 5.77. The van der Waals surface area contributed by atoms with Crippen molar-refractivity contribution in [3.05, 3.63) is 16.1 Å². The molecule has 0 aliphatic rings. The van der Waals surface area contributed by atoms with Gasteiger partial charge >= 0.3 is 85.5 Å². The zero-order chi connectivity index (χ0) is 10.5. The fraction of sp³-hybridized carbons (Fsp3) is 0.700. The van der Waals surface area contributed by atoms with Gasteiger partial charge in [-0.05, 0) is 0 Å². The van der Waals surface area contributed by atoms with Crippen LogP contribution < -0.4 is 0 Å². The minimum absolute atomic E-state index is 0.176. The topological polar surface area (TPSA) is 18.5 Å². The van der Waals surface area contributed by atoms with Gasteiger partial charge < -0.3 is 0 Å². The molecule has 13 heavy (non-hydrogen) atoms. The SMILES string of the molecule is C=C=[C](OC(C)OCC)[Sn]([CH3])([CH3])[CH3]. The van der Waals surface area contributed by atoms with Crippen molar-refractivity contribution in [3.63, 3.8) is 0 Å². The van der Waals surface area contributed by atoms with Crippen LogP contribution in [0.3, 0.4) is 0 Å². The van der Waals surface area contributed by atoms with Gasteiger partial charge in [0.1, 0.15) is 0 Å². The summed E-state index contributed by atoms with van der Waals surface area (Å²) >= 11 is -2.14. The summed E-state index contributed by atoms with van der Waals surface area (Å²) in [6.07, 6.45) is -0.176. The monoisotopic (exact) mass is 292 g/mol. The number of hydrogen-bond donors (Lipinski definition) is 0. The minimum atomic E-state index is -2.14. The molecule has 0 radical (unpaired) electrons. The Balaban J connectivity index is 4.25. The van der Waals surface area contributed by atoms with E-state index in [0.717, 1.165) is 3.78 Å². The summed E-state index contributed by atoms with van der Waals surface area (Å²) in [4.78, 5) is 6.79. The normalized spacial score (nSPS) is 13.3. The van der Waals surface area contributed by atoms with Crippen molar-refractivity contribution in [2.75, 3.05) is 6.61 Å². The third kappa shape index (κ3) is 5.40. The first-order valence-corrected chi connectivity index (χ1v) is 14.6. The van der Waals surface area contributed by atoms with Crippen molar-refractivity contribution < 1.29 is 9.47 Å². The summed E-state index contributed by atoms with van der Waals surface area (Å²) in [6.45, 7) is 8.18. The summed E-state index contributed by atoms with van der Waals surface area (Å²) in [5.74, 6) is 0. The quantitative estimate of drug-likeness (QED) is 0.335. The Morgan fingerprint density at radius 3 is 2.31 bits per heavy atom. The van der Waals surface area contributed by atoms with Crippen molar-refractivity contribution in [2.24, 2.45) is 0 Å². The van der Waals surface area contributed by atoms with Gasteiger partial charge in [0.2, 0.25) is 0 Å². The average Bonchev–Trinajstić information content (AvgIpc) is 1.98. The molecule has 0 aromatic carbocycles. The fourth-order valence-electron chi connectivity index (χ4n) is 0.918. The van der Waals surface area contributed by atoms with Crippen LogP contribution in [0.15, 0.2) is 16.1 Å². The molecule has 0 aromatic heterocycles. The van der Waals surface area contributed by atoms with Crippen LogP contribution in [0.25, 0.3) is 0 Å². The molecule has 2 nitrogen and oxygen atoms in total. The van der Waals surface area contributed by atoms with Gasteiger partial charge in [-0.25, -0.2) is 0 Å². The predicted octanol–water partition coefficient (Wildman–Crippen LogP) is 2.93. The van der Waals surface area contributed by atoms with Gasteiger partial charge in [0.05, 0.1) is 0 Å². The Morgan fingerprint density at radius 2 is 2.00 bits per heavy atom. The second-order valence-corrected chi connectivity index (χ2v) is 18.0. The van der Waals surface area contributed by atoms with Gasteiger partial charge in [0.25, 0.3) is 0 Å². The summed E-state index contributed by atoms with van der Waals surface area (Å²) < 4.78 is 11.9. The Morgan fingerprint density at radius 1 is 1.46 bits per heavy atom. The van der Waals surface area contributed by atoms with E-state index in [9.17, 15) is 0 Å². The maximum atomic E-state index is 5.62. The van der Waals surface area contributed by atoms with Crippen LogP contribution in [0.1, 0.15) is 13.8 Å². The Bertz CT molecular complexity index is 199. The van der Waals surface area contributed by atoms with Crippen molar-refractivity contribution in [1.29, 1.82) is 0 Å². The van der Waals surface area contributed by atoms with Crippen LogP contribution in [0.5, 0.6) is 0 Å². The molecule has 0 spiro atoms. The van der Waals surface area contributed by atoms with Gasteiger partial charge in [-0.3, -0.25) is 0 Å². The molecule has 0 rings (SSSR count). The van der Waals surface area contributed by atoms with E-state index >= 15 is 0 Å². The number of ether oxygens (including phenoxy) is 2. The molecule has 0 saturated carbocycles. The number of rotatable bonds is 5. The Labute approximate surface area is 85.5 Å². The molecule has 0 aromatic rings. The van der Waals surface area contributed by atoms with E-state index in [1.807, 2.05) is 13.8 Å². The van der Waals surface area contributed by atoms with E-state index in [1.54, 1.807) is 0 Å². The van der Waals surface area contributed by atoms with Crippen LogP contribution in [0, 0.1) is 0 Å². The third-order valence-electron chi connectivity index (χ3n) is 1.53. The Hall–Kier alpha value is 0.0787. The standard InChI is InChI=1S/C7H11O2.3CH3.Sn/c1-4-6-9-7(3)8-5-2;;;;/h7H,1,5H2,2-3H3;3*1H3;. The van der Waals surface area contributed by atoms with Crippen LogP contribution in [-0.2, 0) is 9.47 Å². The van der Waals surface area contributed by atoms with Gasteiger partial charge in [-0.1, -0.05) is 0 Å². The molecular formula is C10H20O2Sn. The van der Waals surface area contributed by atoms with Crippen molar-refractivity contribution >= 4 is 18.4 Å². The third-order valence-corrected chi connectivity index (χ3v) is 6.26. The van der Waals surface area contributed by atoms with E-state index in [1.165, 1.54) is 0 Å². The molecule has 0 saturated heterocycles. The van der Waals surface area contributed by atoms with Gasteiger partial charge in [-0.2, -0.15) is 0 Å². The molecule has 76 valence electrons. The van der Waals surface area contributed by atoms with Crippen LogP contribution in [0.2, 0.25) is 14.8 Å². The second-order valence-electron chi connectivity index (χ2n) is 3.90. The fourth-order valence-corrected chi connectivity index (χ4v) is 3.91. The van der Waals surface area contributed by atoms with E-state index in [2.05, 4.69) is 27.1 Å². The second kappa shape index (κ2) is 5.73. The summed E-state index contributed by atoms with van der Waals surface area (Å²) in [7, 11) is 0. The molecule has 3 heteroatoms. The zero-order valence-corrected chi connectivity index (χ0v) is 12.2. The predicted molar refractivity (Wildman–Crippen MR) is 58.2 cm³/mol. The first-order chi connectivity index (χ1) is 5.91. The molecule has 1 unspecified atom stereocenters. The van der Waals surface area contributed by atoms with Crippen LogP contribution >= 0.6 is 0 Å². The van der Waals surface area contributed by atoms with Crippen LogP contribution in [-0.4, -0.2) is 31.3 Å². The molecule has 0 N–H and O–H groups in total. The average molecular weight is 291 g/mol. The van der Waals surface area contributed by atoms with E-state index < -0.39 is 18.4 Å². The van der Waals surface area contributed by atoms with Crippen molar-refractivity contribution in [2.45, 2.75) is 35.0 Å². The molecule has 1 atom stereocenters. The first-order valence-electron chi connectivity index (χ1n) is 4.60. The summed E-state index contributed by atoms with van der Waals surface area (Å²) in [5.41, 5.74) is 2.89. The molecule has 0 aliphatic carbocycles. The molecule has 0 amide bonds. The van der Waals surface area contributed by atoms with Crippen molar-refractivity contribution in [1.82, 2.24) is 0 Å². The van der Waals surface area contributed by atoms with Crippen LogP contribution in [0.4, 0.5) is 0 Å².